The number of nitrogens with two attached hydrogens (primary N) is 1. The molecule has 0 amide bonds. The van der Waals surface area contributed by atoms with E-state index in [1.54, 1.807) is 0 Å². The molecule has 0 aromatic heterocycles. The zero-order valence-electron chi connectivity index (χ0n) is 11.7. The van der Waals surface area contributed by atoms with E-state index >= 15 is 0 Å². The van der Waals surface area contributed by atoms with Crippen molar-refractivity contribution in [1.29, 1.82) is 0 Å². The normalized spacial score (nSPS) is 12.2. The van der Waals surface area contributed by atoms with E-state index in [0.717, 1.165) is 21.3 Å². The Labute approximate surface area is 128 Å². The van der Waals surface area contributed by atoms with Crippen LogP contribution >= 0.6 is 15.9 Å². The van der Waals surface area contributed by atoms with Gasteiger partial charge in [-0.3, -0.25) is 5.84 Å². The van der Waals surface area contributed by atoms with Gasteiger partial charge in [0.2, 0.25) is 0 Å². The van der Waals surface area contributed by atoms with Gasteiger partial charge < -0.3 is 4.74 Å². The fourth-order valence-corrected chi connectivity index (χ4v) is 2.52. The molecule has 0 aliphatic heterocycles. The molecule has 3 N–H and O–H groups in total. The van der Waals surface area contributed by atoms with Crippen molar-refractivity contribution in [2.24, 2.45) is 5.84 Å². The first kappa shape index (κ1) is 15.0. The Kier molecular flexibility index (Phi) is 5.17. The van der Waals surface area contributed by atoms with Crippen molar-refractivity contribution in [3.63, 3.8) is 0 Å². The van der Waals surface area contributed by atoms with Crippen molar-refractivity contribution in [1.82, 2.24) is 5.43 Å². The lowest BCUT2D eigenvalue weighted by molar-refractivity contribution is 0.339. The first-order valence-electron chi connectivity index (χ1n) is 6.60. The molecule has 0 fully saturated rings. The molecule has 1 unspecified atom stereocenters. The number of ether oxygens (including phenoxy) is 1. The molecule has 2 aromatic rings. The molecule has 2 rings (SSSR count). The van der Waals surface area contributed by atoms with Crippen LogP contribution in [0.3, 0.4) is 0 Å². The van der Waals surface area contributed by atoms with E-state index in [2.05, 4.69) is 46.5 Å². The van der Waals surface area contributed by atoms with Crippen LogP contribution in [0.1, 0.15) is 29.7 Å². The monoisotopic (exact) mass is 334 g/mol. The Morgan fingerprint density at radius 2 is 1.95 bits per heavy atom. The van der Waals surface area contributed by atoms with Gasteiger partial charge in [-0.05, 0) is 48.7 Å². The van der Waals surface area contributed by atoms with E-state index in [-0.39, 0.29) is 6.04 Å². The average Bonchev–Trinajstić information content (AvgIpc) is 2.44. The SMILES string of the molecule is CCOc1cccc(C(NN)c2ccc(C)c(Br)c2)c1. The first-order chi connectivity index (χ1) is 9.65. The average molecular weight is 335 g/mol. The molecule has 0 heterocycles. The summed E-state index contributed by atoms with van der Waals surface area (Å²) in [6, 6.07) is 14.2. The summed E-state index contributed by atoms with van der Waals surface area (Å²) in [7, 11) is 0. The quantitative estimate of drug-likeness (QED) is 0.647. The Morgan fingerprint density at radius 1 is 1.20 bits per heavy atom. The lowest BCUT2D eigenvalue weighted by Gasteiger charge is -2.18. The summed E-state index contributed by atoms with van der Waals surface area (Å²) in [5, 5.41) is 0. The second kappa shape index (κ2) is 6.88. The predicted molar refractivity (Wildman–Crippen MR) is 85.7 cm³/mol. The van der Waals surface area contributed by atoms with Crippen LogP contribution in [0.15, 0.2) is 46.9 Å². The number of hydrogen-bond acceptors (Lipinski definition) is 3. The predicted octanol–water partition coefficient (Wildman–Crippen LogP) is 3.71. The van der Waals surface area contributed by atoms with Crippen molar-refractivity contribution in [2.75, 3.05) is 6.61 Å². The Bertz CT molecular complexity index is 586. The third-order valence-electron chi connectivity index (χ3n) is 3.20. The van der Waals surface area contributed by atoms with Gasteiger partial charge in [-0.25, -0.2) is 5.43 Å². The Balaban J connectivity index is 2.36. The number of hydrogen-bond donors (Lipinski definition) is 2. The number of benzene rings is 2. The lowest BCUT2D eigenvalue weighted by Crippen LogP contribution is -2.28. The van der Waals surface area contributed by atoms with Gasteiger partial charge >= 0.3 is 0 Å². The van der Waals surface area contributed by atoms with Gasteiger partial charge in [0.05, 0.1) is 12.6 Å². The molecule has 2 aromatic carbocycles. The van der Waals surface area contributed by atoms with Crippen molar-refractivity contribution < 1.29 is 4.74 Å². The molecule has 0 bridgehead atoms. The molecule has 0 saturated heterocycles. The number of halogens is 1. The summed E-state index contributed by atoms with van der Waals surface area (Å²) in [6.07, 6.45) is 0. The van der Waals surface area contributed by atoms with Crippen LogP contribution in [0.5, 0.6) is 5.75 Å². The molecule has 3 nitrogen and oxygen atoms in total. The number of nitrogens with one attached hydrogen (secondary N) is 1. The minimum Gasteiger partial charge on any atom is -0.494 e. The lowest BCUT2D eigenvalue weighted by atomic mass is 9.98. The standard InChI is InChI=1S/C16H19BrN2O/c1-3-20-14-6-4-5-12(9-14)16(19-18)13-8-7-11(2)15(17)10-13/h4-10,16,19H,3,18H2,1-2H3. The highest BCUT2D eigenvalue weighted by molar-refractivity contribution is 9.10. The maximum atomic E-state index is 5.74. The smallest absolute Gasteiger partial charge is 0.119 e. The summed E-state index contributed by atoms with van der Waals surface area (Å²) in [4.78, 5) is 0. The summed E-state index contributed by atoms with van der Waals surface area (Å²) in [5.74, 6) is 6.60. The van der Waals surface area contributed by atoms with E-state index in [9.17, 15) is 0 Å². The number of aryl methyl sites for hydroxylation is 1. The van der Waals surface area contributed by atoms with Crippen LogP contribution in [0.4, 0.5) is 0 Å². The summed E-state index contributed by atoms with van der Waals surface area (Å²) in [5.41, 5.74) is 6.26. The van der Waals surface area contributed by atoms with Crippen molar-refractivity contribution >= 4 is 15.9 Å². The molecule has 4 heteroatoms. The van der Waals surface area contributed by atoms with E-state index in [4.69, 9.17) is 10.6 Å². The summed E-state index contributed by atoms with van der Waals surface area (Å²) >= 11 is 3.56. The highest BCUT2D eigenvalue weighted by Crippen LogP contribution is 2.27. The minimum atomic E-state index is -0.0627. The zero-order valence-corrected chi connectivity index (χ0v) is 13.3. The Morgan fingerprint density at radius 3 is 2.60 bits per heavy atom. The highest BCUT2D eigenvalue weighted by Gasteiger charge is 2.14. The zero-order chi connectivity index (χ0) is 14.5. The van der Waals surface area contributed by atoms with E-state index in [1.165, 1.54) is 5.56 Å². The molecule has 0 aliphatic carbocycles. The molecule has 1 atom stereocenters. The van der Waals surface area contributed by atoms with Crippen LogP contribution in [-0.4, -0.2) is 6.61 Å². The van der Waals surface area contributed by atoms with Crippen molar-refractivity contribution in [3.05, 3.63) is 63.6 Å². The third kappa shape index (κ3) is 3.39. The molecule has 20 heavy (non-hydrogen) atoms. The molecular weight excluding hydrogens is 316 g/mol. The maximum Gasteiger partial charge on any atom is 0.119 e. The van der Waals surface area contributed by atoms with Gasteiger partial charge in [0.15, 0.2) is 0 Å². The fraction of sp³-hybridized carbons (Fsp3) is 0.250. The maximum absolute atomic E-state index is 5.74. The van der Waals surface area contributed by atoms with Gasteiger partial charge in [-0.15, -0.1) is 0 Å². The van der Waals surface area contributed by atoms with Crippen LogP contribution in [0.25, 0.3) is 0 Å². The topological polar surface area (TPSA) is 47.3 Å². The molecule has 0 saturated carbocycles. The second-order valence-electron chi connectivity index (χ2n) is 4.61. The summed E-state index contributed by atoms with van der Waals surface area (Å²) < 4.78 is 6.62. The van der Waals surface area contributed by atoms with E-state index in [0.29, 0.717) is 6.61 Å². The van der Waals surface area contributed by atoms with Gasteiger partial charge in [0.1, 0.15) is 5.75 Å². The second-order valence-corrected chi connectivity index (χ2v) is 5.47. The van der Waals surface area contributed by atoms with Crippen molar-refractivity contribution in [3.8, 4) is 5.75 Å². The van der Waals surface area contributed by atoms with Gasteiger partial charge in [0.25, 0.3) is 0 Å². The number of hydrazine groups is 1. The highest BCUT2D eigenvalue weighted by atomic mass is 79.9. The largest absolute Gasteiger partial charge is 0.494 e. The Hall–Kier alpha value is -1.36. The molecule has 0 radical (unpaired) electrons. The third-order valence-corrected chi connectivity index (χ3v) is 4.05. The van der Waals surface area contributed by atoms with Gasteiger partial charge in [-0.1, -0.05) is 40.2 Å². The van der Waals surface area contributed by atoms with Gasteiger partial charge in [-0.2, -0.15) is 0 Å². The van der Waals surface area contributed by atoms with Crippen LogP contribution < -0.4 is 16.0 Å². The van der Waals surface area contributed by atoms with E-state index in [1.807, 2.05) is 31.2 Å². The molecule has 0 aliphatic rings. The first-order valence-corrected chi connectivity index (χ1v) is 7.40. The number of rotatable bonds is 5. The van der Waals surface area contributed by atoms with Crippen molar-refractivity contribution in [2.45, 2.75) is 19.9 Å². The molecule has 0 spiro atoms. The van der Waals surface area contributed by atoms with Crippen LogP contribution in [-0.2, 0) is 0 Å². The molecule has 106 valence electrons. The van der Waals surface area contributed by atoms with Crippen LogP contribution in [0.2, 0.25) is 0 Å². The molecular formula is C16H19BrN2O. The van der Waals surface area contributed by atoms with E-state index < -0.39 is 0 Å². The summed E-state index contributed by atoms with van der Waals surface area (Å²) in [6.45, 7) is 4.69. The minimum absolute atomic E-state index is 0.0627. The fourth-order valence-electron chi connectivity index (χ4n) is 2.12. The van der Waals surface area contributed by atoms with Crippen LogP contribution in [0, 0.1) is 6.92 Å². The van der Waals surface area contributed by atoms with Gasteiger partial charge in [0, 0.05) is 4.47 Å².